The maximum Gasteiger partial charge on any atom is 0.251 e. The Hall–Kier alpha value is -2.68. The first-order valence-corrected chi connectivity index (χ1v) is 13.8. The zero-order valence-corrected chi connectivity index (χ0v) is 21.0. The first kappa shape index (κ1) is 24.4. The minimum Gasteiger partial charge on any atom is -0.340 e. The van der Waals surface area contributed by atoms with Crippen molar-refractivity contribution in [1.29, 1.82) is 0 Å². The Kier molecular flexibility index (Phi) is 8.73. The lowest BCUT2D eigenvalue weighted by molar-refractivity contribution is -0.135. The van der Waals surface area contributed by atoms with Crippen LogP contribution in [0.15, 0.2) is 66.0 Å². The summed E-state index contributed by atoms with van der Waals surface area (Å²) in [7, 11) is 0. The topological polar surface area (TPSA) is 65.5 Å². The van der Waals surface area contributed by atoms with Crippen LogP contribution in [0.25, 0.3) is 10.6 Å². The van der Waals surface area contributed by atoms with Crippen molar-refractivity contribution < 1.29 is 9.59 Å². The molecule has 2 heterocycles. The van der Waals surface area contributed by atoms with Crippen LogP contribution in [-0.4, -0.2) is 70.8 Å². The van der Waals surface area contributed by atoms with Gasteiger partial charge in [-0.3, -0.25) is 14.5 Å². The molecule has 178 valence electrons. The van der Waals surface area contributed by atoms with Gasteiger partial charge in [0.2, 0.25) is 5.91 Å². The normalized spacial score (nSPS) is 15.1. The number of hydrogen-bond acceptors (Lipinski definition) is 6. The van der Waals surface area contributed by atoms with Gasteiger partial charge >= 0.3 is 0 Å². The summed E-state index contributed by atoms with van der Waals surface area (Å²) in [4.78, 5) is 35.0. The molecule has 0 bridgehead atoms. The molecule has 8 heteroatoms. The number of carbonyl (C=O) groups excluding carboxylic acids is 2. The lowest BCUT2D eigenvalue weighted by Gasteiger charge is -2.36. The third kappa shape index (κ3) is 6.46. The largest absolute Gasteiger partial charge is 0.340 e. The van der Waals surface area contributed by atoms with Gasteiger partial charge in [0.1, 0.15) is 11.0 Å². The van der Waals surface area contributed by atoms with Crippen molar-refractivity contribution in [1.82, 2.24) is 20.1 Å². The van der Waals surface area contributed by atoms with E-state index in [0.717, 1.165) is 41.7 Å². The molecule has 1 aromatic heterocycles. The van der Waals surface area contributed by atoms with E-state index < -0.39 is 6.04 Å². The summed E-state index contributed by atoms with van der Waals surface area (Å²) < 4.78 is 0. The van der Waals surface area contributed by atoms with Crippen molar-refractivity contribution in [3.05, 3.63) is 77.3 Å². The fourth-order valence-corrected chi connectivity index (χ4v) is 5.28. The number of benzene rings is 2. The van der Waals surface area contributed by atoms with Crippen molar-refractivity contribution in [3.63, 3.8) is 0 Å². The summed E-state index contributed by atoms with van der Waals surface area (Å²) >= 11 is 3.35. The molecule has 0 radical (unpaired) electrons. The van der Waals surface area contributed by atoms with Crippen LogP contribution in [0.1, 0.15) is 22.5 Å². The van der Waals surface area contributed by atoms with E-state index in [9.17, 15) is 9.59 Å². The number of thioether (sulfide) groups is 1. The second kappa shape index (κ2) is 12.1. The van der Waals surface area contributed by atoms with Gasteiger partial charge in [-0.05, 0) is 30.6 Å². The van der Waals surface area contributed by atoms with Gasteiger partial charge in [0.15, 0.2) is 0 Å². The van der Waals surface area contributed by atoms with E-state index in [1.807, 2.05) is 47.6 Å². The van der Waals surface area contributed by atoms with Gasteiger partial charge in [0.05, 0.1) is 5.69 Å². The first-order chi connectivity index (χ1) is 16.6. The summed E-state index contributed by atoms with van der Waals surface area (Å²) in [5.41, 5.74) is 2.78. The number of nitrogens with one attached hydrogen (secondary N) is 1. The van der Waals surface area contributed by atoms with E-state index in [4.69, 9.17) is 4.98 Å². The van der Waals surface area contributed by atoms with Gasteiger partial charge in [0, 0.05) is 49.2 Å². The van der Waals surface area contributed by atoms with Gasteiger partial charge in [-0.1, -0.05) is 48.5 Å². The van der Waals surface area contributed by atoms with Crippen molar-refractivity contribution in [2.75, 3.05) is 38.2 Å². The maximum atomic E-state index is 13.3. The van der Waals surface area contributed by atoms with Crippen molar-refractivity contribution in [2.45, 2.75) is 19.0 Å². The van der Waals surface area contributed by atoms with Crippen LogP contribution in [0.4, 0.5) is 0 Å². The number of amides is 2. The molecule has 0 spiro atoms. The summed E-state index contributed by atoms with van der Waals surface area (Å²) in [6.45, 7) is 3.70. The molecule has 2 aromatic carbocycles. The molecule has 4 rings (SSSR count). The van der Waals surface area contributed by atoms with Crippen LogP contribution in [-0.2, 0) is 11.3 Å². The van der Waals surface area contributed by atoms with Crippen molar-refractivity contribution >= 4 is 34.9 Å². The number of hydrogen-bond donors (Lipinski definition) is 1. The highest BCUT2D eigenvalue weighted by molar-refractivity contribution is 7.98. The monoisotopic (exact) mass is 494 g/mol. The molecule has 2 amide bonds. The first-order valence-electron chi connectivity index (χ1n) is 11.5. The molecule has 6 nitrogen and oxygen atoms in total. The fourth-order valence-electron chi connectivity index (χ4n) is 3.99. The second-order valence-electron chi connectivity index (χ2n) is 8.29. The van der Waals surface area contributed by atoms with E-state index in [2.05, 4.69) is 27.7 Å². The highest BCUT2D eigenvalue weighted by atomic mass is 32.2. The quantitative estimate of drug-likeness (QED) is 0.487. The second-order valence-corrected chi connectivity index (χ2v) is 10.1. The number of piperazine rings is 1. The molecular weight excluding hydrogens is 464 g/mol. The Morgan fingerprint density at radius 2 is 1.71 bits per heavy atom. The summed E-state index contributed by atoms with van der Waals surface area (Å²) in [6, 6.07) is 18.8. The van der Waals surface area contributed by atoms with E-state index >= 15 is 0 Å². The van der Waals surface area contributed by atoms with Crippen LogP contribution < -0.4 is 5.32 Å². The highest BCUT2D eigenvalue weighted by Gasteiger charge is 2.29. The standard InChI is InChI=1S/C26H30N4O2S2/c1-33-17-12-23(28-24(31)20-8-4-2-5-9-20)26(32)30-15-13-29(14-16-30)18-22-19-34-25(27-22)21-10-6-3-7-11-21/h2-11,19,23H,12-18H2,1H3,(H,28,31). The van der Waals surface area contributed by atoms with Gasteiger partial charge in [0.25, 0.3) is 5.91 Å². The van der Waals surface area contributed by atoms with E-state index in [1.54, 1.807) is 35.2 Å². The van der Waals surface area contributed by atoms with Gasteiger partial charge in [-0.2, -0.15) is 11.8 Å². The van der Waals surface area contributed by atoms with Crippen LogP contribution in [0.3, 0.4) is 0 Å². The summed E-state index contributed by atoms with van der Waals surface area (Å²) in [6.07, 6.45) is 2.64. The Morgan fingerprint density at radius 1 is 1.03 bits per heavy atom. The molecule has 1 saturated heterocycles. The average Bonchev–Trinajstić information content (AvgIpc) is 3.36. The Balaban J connectivity index is 1.31. The van der Waals surface area contributed by atoms with E-state index in [-0.39, 0.29) is 11.8 Å². The van der Waals surface area contributed by atoms with E-state index in [1.165, 1.54) is 0 Å². The third-order valence-electron chi connectivity index (χ3n) is 5.89. The Morgan fingerprint density at radius 3 is 2.38 bits per heavy atom. The molecule has 3 aromatic rings. The highest BCUT2D eigenvalue weighted by Crippen LogP contribution is 2.24. The van der Waals surface area contributed by atoms with Gasteiger partial charge in [-0.25, -0.2) is 4.98 Å². The zero-order valence-electron chi connectivity index (χ0n) is 19.4. The number of rotatable bonds is 9. The molecule has 0 aliphatic carbocycles. The van der Waals surface area contributed by atoms with Crippen LogP contribution in [0.5, 0.6) is 0 Å². The number of carbonyl (C=O) groups is 2. The van der Waals surface area contributed by atoms with E-state index in [0.29, 0.717) is 25.1 Å². The smallest absolute Gasteiger partial charge is 0.251 e. The van der Waals surface area contributed by atoms with Gasteiger partial charge < -0.3 is 10.2 Å². The van der Waals surface area contributed by atoms with Crippen LogP contribution in [0.2, 0.25) is 0 Å². The minimum absolute atomic E-state index is 0.0120. The molecule has 1 aliphatic heterocycles. The summed E-state index contributed by atoms with van der Waals surface area (Å²) in [5.74, 6) is 0.633. The SMILES string of the molecule is CSCCC(NC(=O)c1ccccc1)C(=O)N1CCN(Cc2csc(-c3ccccc3)n2)CC1. The van der Waals surface area contributed by atoms with Gasteiger partial charge in [-0.15, -0.1) is 11.3 Å². The Labute approximate surface area is 209 Å². The minimum atomic E-state index is -0.501. The molecule has 1 aliphatic rings. The molecule has 1 N–H and O–H groups in total. The lowest BCUT2D eigenvalue weighted by atomic mass is 10.1. The lowest BCUT2D eigenvalue weighted by Crippen LogP contribution is -2.55. The molecular formula is C26H30N4O2S2. The predicted molar refractivity (Wildman–Crippen MR) is 140 cm³/mol. The third-order valence-corrected chi connectivity index (χ3v) is 7.48. The van der Waals surface area contributed by atoms with Crippen LogP contribution in [0, 0.1) is 0 Å². The Bertz CT molecular complexity index is 1070. The average molecular weight is 495 g/mol. The molecule has 1 unspecified atom stereocenters. The predicted octanol–water partition coefficient (Wildman–Crippen LogP) is 4.01. The molecule has 1 fully saturated rings. The van der Waals surface area contributed by atoms with Crippen molar-refractivity contribution in [3.8, 4) is 10.6 Å². The molecule has 0 saturated carbocycles. The number of thiazole rings is 1. The number of nitrogens with zero attached hydrogens (tertiary/aromatic N) is 3. The number of aromatic nitrogens is 1. The summed E-state index contributed by atoms with van der Waals surface area (Å²) in [5, 5.41) is 6.13. The fraction of sp³-hybridized carbons (Fsp3) is 0.346. The van der Waals surface area contributed by atoms with Crippen LogP contribution >= 0.6 is 23.1 Å². The van der Waals surface area contributed by atoms with Crippen molar-refractivity contribution in [2.24, 2.45) is 0 Å². The molecule has 1 atom stereocenters. The molecule has 34 heavy (non-hydrogen) atoms. The zero-order chi connectivity index (χ0) is 23.8. The maximum absolute atomic E-state index is 13.3.